The molecule has 1 aromatic heterocycles. The van der Waals surface area contributed by atoms with Crippen molar-refractivity contribution < 1.29 is 13.2 Å². The normalized spacial score (nSPS) is 10.1. The molecule has 0 saturated heterocycles. The summed E-state index contributed by atoms with van der Waals surface area (Å²) in [4.78, 5) is 0. The summed E-state index contributed by atoms with van der Waals surface area (Å²) in [6, 6.07) is 5.41. The summed E-state index contributed by atoms with van der Waals surface area (Å²) in [5.74, 6) is -0.351. The van der Waals surface area contributed by atoms with Crippen LogP contribution in [0.4, 0.5) is 13.2 Å². The first-order valence-corrected chi connectivity index (χ1v) is 4.39. The SMILES string of the molecule is Fc1ccc(-c2ccbcc2)c(F)c1F. The molecule has 2 rings (SSSR count). The standard InChI is InChI=1S/C11H6BF3/c13-9-2-1-8(10(14)11(9)15)7-3-5-12-6-4-7/h1-6H. The van der Waals surface area contributed by atoms with Crippen LogP contribution in [0, 0.1) is 17.5 Å². The monoisotopic (exact) mass is 206 g/mol. The Morgan fingerprint density at radius 1 is 0.800 bits per heavy atom. The van der Waals surface area contributed by atoms with Crippen molar-refractivity contribution >= 4 is 6.91 Å². The molecule has 4 heteroatoms. The Morgan fingerprint density at radius 3 is 2.13 bits per heavy atom. The third-order valence-corrected chi connectivity index (χ3v) is 2.12. The van der Waals surface area contributed by atoms with Crippen LogP contribution in [0.2, 0.25) is 0 Å². The summed E-state index contributed by atoms with van der Waals surface area (Å²) >= 11 is 0. The first-order valence-electron chi connectivity index (χ1n) is 4.39. The van der Waals surface area contributed by atoms with Crippen LogP contribution in [-0.2, 0) is 0 Å². The number of halogens is 3. The fraction of sp³-hybridized carbons (Fsp3) is 0. The first-order chi connectivity index (χ1) is 7.20. The summed E-state index contributed by atoms with van der Waals surface area (Å²) in [6.45, 7) is 1.77. The summed E-state index contributed by atoms with van der Waals surface area (Å²) in [7, 11) is 0. The molecule has 0 bridgehead atoms. The van der Waals surface area contributed by atoms with Crippen molar-refractivity contribution in [1.29, 1.82) is 0 Å². The van der Waals surface area contributed by atoms with E-state index in [1.807, 2.05) is 0 Å². The quantitative estimate of drug-likeness (QED) is 0.628. The first kappa shape index (κ1) is 9.96. The topological polar surface area (TPSA) is 0 Å². The van der Waals surface area contributed by atoms with Gasteiger partial charge in [0.2, 0.25) is 0 Å². The van der Waals surface area contributed by atoms with Crippen LogP contribution in [0.25, 0.3) is 11.1 Å². The number of hydrogen-bond donors (Lipinski definition) is 0. The molecule has 15 heavy (non-hydrogen) atoms. The summed E-state index contributed by atoms with van der Waals surface area (Å²) in [5.41, 5.74) is 0.586. The van der Waals surface area contributed by atoms with E-state index in [4.69, 9.17) is 0 Å². The number of hydrogen-bond acceptors (Lipinski definition) is 0. The van der Waals surface area contributed by atoms with E-state index >= 15 is 0 Å². The zero-order valence-electron chi connectivity index (χ0n) is 7.68. The van der Waals surface area contributed by atoms with Gasteiger partial charge >= 0.3 is 84.8 Å². The molecule has 0 radical (unpaired) electrons. The van der Waals surface area contributed by atoms with E-state index in [0.717, 1.165) is 6.07 Å². The van der Waals surface area contributed by atoms with Crippen LogP contribution in [0.1, 0.15) is 0 Å². The van der Waals surface area contributed by atoms with Gasteiger partial charge in [-0.25, -0.2) is 0 Å². The van der Waals surface area contributed by atoms with Crippen molar-refractivity contribution in [1.82, 2.24) is 0 Å². The van der Waals surface area contributed by atoms with Gasteiger partial charge in [-0.2, -0.15) is 0 Å². The average molecular weight is 206 g/mol. The average Bonchev–Trinajstić information content (AvgIpc) is 2.27. The second kappa shape index (κ2) is 3.89. The van der Waals surface area contributed by atoms with Gasteiger partial charge < -0.3 is 0 Å². The third kappa shape index (κ3) is 1.80. The molecule has 0 aliphatic rings. The van der Waals surface area contributed by atoms with E-state index in [0.29, 0.717) is 5.56 Å². The van der Waals surface area contributed by atoms with Crippen molar-refractivity contribution in [2.75, 3.05) is 0 Å². The van der Waals surface area contributed by atoms with Gasteiger partial charge in [0.15, 0.2) is 0 Å². The zero-order valence-corrected chi connectivity index (χ0v) is 7.68. The Bertz CT molecular complexity index is 483. The van der Waals surface area contributed by atoms with E-state index in [1.54, 1.807) is 31.0 Å². The van der Waals surface area contributed by atoms with Crippen molar-refractivity contribution in [2.45, 2.75) is 0 Å². The van der Waals surface area contributed by atoms with Gasteiger partial charge in [-0.05, 0) is 0 Å². The van der Waals surface area contributed by atoms with Gasteiger partial charge in [0.1, 0.15) is 0 Å². The van der Waals surface area contributed by atoms with Gasteiger partial charge in [0.05, 0.1) is 0 Å². The minimum atomic E-state index is -1.43. The molecular formula is C11H6BF3. The molecule has 1 aromatic carbocycles. The molecule has 0 unspecified atom stereocenters. The van der Waals surface area contributed by atoms with E-state index in [1.165, 1.54) is 6.07 Å². The van der Waals surface area contributed by atoms with E-state index in [-0.39, 0.29) is 5.56 Å². The Hall–Kier alpha value is -1.58. The van der Waals surface area contributed by atoms with E-state index < -0.39 is 17.5 Å². The Labute approximate surface area is 85.6 Å². The summed E-state index contributed by atoms with van der Waals surface area (Å²) in [6.07, 6.45) is 0. The van der Waals surface area contributed by atoms with E-state index in [2.05, 4.69) is 0 Å². The summed E-state index contributed by atoms with van der Waals surface area (Å²) < 4.78 is 38.9. The van der Waals surface area contributed by atoms with Crippen LogP contribution < -0.4 is 0 Å². The second-order valence-corrected chi connectivity index (χ2v) is 3.09. The third-order valence-electron chi connectivity index (χ3n) is 2.12. The van der Waals surface area contributed by atoms with Crippen LogP contribution in [0.3, 0.4) is 0 Å². The molecule has 1 heterocycles. The zero-order chi connectivity index (χ0) is 10.8. The number of rotatable bonds is 1. The molecule has 0 spiro atoms. The van der Waals surface area contributed by atoms with Gasteiger partial charge in [-0.1, -0.05) is 0 Å². The van der Waals surface area contributed by atoms with Gasteiger partial charge in [-0.15, -0.1) is 0 Å². The van der Waals surface area contributed by atoms with E-state index in [9.17, 15) is 13.2 Å². The van der Waals surface area contributed by atoms with Crippen molar-refractivity contribution in [2.24, 2.45) is 0 Å². The van der Waals surface area contributed by atoms with Gasteiger partial charge in [-0.3, -0.25) is 0 Å². The molecule has 0 nitrogen and oxygen atoms in total. The van der Waals surface area contributed by atoms with Crippen molar-refractivity contribution in [3.63, 3.8) is 0 Å². The fourth-order valence-electron chi connectivity index (χ4n) is 1.37. The molecule has 0 atom stereocenters. The van der Waals surface area contributed by atoms with Crippen LogP contribution >= 0.6 is 0 Å². The molecule has 0 saturated carbocycles. The molecule has 0 amide bonds. The predicted molar refractivity (Wildman–Crippen MR) is 53.1 cm³/mol. The van der Waals surface area contributed by atoms with Crippen LogP contribution in [0.15, 0.2) is 36.2 Å². The van der Waals surface area contributed by atoms with Crippen molar-refractivity contribution in [3.8, 4) is 11.1 Å². The maximum atomic E-state index is 13.3. The van der Waals surface area contributed by atoms with Crippen LogP contribution in [-0.4, -0.2) is 6.91 Å². The van der Waals surface area contributed by atoms with Crippen molar-refractivity contribution in [3.05, 3.63) is 53.6 Å². The molecule has 74 valence electrons. The fourth-order valence-corrected chi connectivity index (χ4v) is 1.37. The van der Waals surface area contributed by atoms with Crippen LogP contribution in [0.5, 0.6) is 0 Å². The predicted octanol–water partition coefficient (Wildman–Crippen LogP) is 3.11. The minimum absolute atomic E-state index is 0.0644. The van der Waals surface area contributed by atoms with Gasteiger partial charge in [0.25, 0.3) is 0 Å². The molecule has 2 aromatic rings. The van der Waals surface area contributed by atoms with Gasteiger partial charge in [0, 0.05) is 0 Å². The Kier molecular flexibility index (Phi) is 2.58. The summed E-state index contributed by atoms with van der Waals surface area (Å²) in [5, 5.41) is 0. The molecule has 0 aliphatic carbocycles. The Morgan fingerprint density at radius 2 is 1.47 bits per heavy atom. The second-order valence-electron chi connectivity index (χ2n) is 3.09. The molecule has 0 aliphatic heterocycles. The number of benzene rings is 1. The Balaban J connectivity index is 2.60. The molecule has 0 N–H and O–H groups in total. The molecular weight excluding hydrogens is 200 g/mol. The molecule has 0 fully saturated rings. The maximum absolute atomic E-state index is 13.3.